The van der Waals surface area contributed by atoms with Crippen molar-refractivity contribution in [3.05, 3.63) is 46.9 Å². The Labute approximate surface area is 150 Å². The van der Waals surface area contributed by atoms with Crippen LogP contribution in [0.5, 0.6) is 0 Å². The van der Waals surface area contributed by atoms with Gasteiger partial charge in [0.1, 0.15) is 6.54 Å². The standard InChI is InChI=1S/C14H17N5OS.HI/c15-14(17-7-5-12-4-2-8-21-12)18-10-13(20)19-11-3-1-6-16-9-11;/h1-4,6,8-9H,5,7,10H2,(H,19,20)(H3,15,17,18);1H. The van der Waals surface area contributed by atoms with Gasteiger partial charge in [-0.2, -0.15) is 0 Å². The Morgan fingerprint density at radius 1 is 1.36 bits per heavy atom. The Morgan fingerprint density at radius 2 is 2.23 bits per heavy atom. The molecule has 0 radical (unpaired) electrons. The third kappa shape index (κ3) is 6.85. The maximum absolute atomic E-state index is 11.6. The number of thiophene rings is 1. The van der Waals surface area contributed by atoms with Crippen LogP contribution in [-0.2, 0) is 11.2 Å². The van der Waals surface area contributed by atoms with Gasteiger partial charge in [-0.3, -0.25) is 9.78 Å². The fourth-order valence-corrected chi connectivity index (χ4v) is 2.33. The smallest absolute Gasteiger partial charge is 0.246 e. The van der Waals surface area contributed by atoms with Crippen molar-refractivity contribution >= 4 is 52.9 Å². The van der Waals surface area contributed by atoms with E-state index in [1.165, 1.54) is 4.88 Å². The number of hydrogen-bond donors (Lipinski definition) is 3. The molecule has 0 atom stereocenters. The molecular formula is C14H18IN5OS. The zero-order chi connectivity index (χ0) is 14.9. The average Bonchev–Trinajstić information content (AvgIpc) is 2.99. The monoisotopic (exact) mass is 431 g/mol. The minimum Gasteiger partial charge on any atom is -0.370 e. The Morgan fingerprint density at radius 3 is 2.91 bits per heavy atom. The molecule has 6 nitrogen and oxygen atoms in total. The lowest BCUT2D eigenvalue weighted by atomic mass is 10.3. The van der Waals surface area contributed by atoms with Crippen molar-refractivity contribution < 1.29 is 4.79 Å². The highest BCUT2D eigenvalue weighted by Gasteiger charge is 2.01. The first-order valence-electron chi connectivity index (χ1n) is 6.50. The average molecular weight is 431 g/mol. The number of anilines is 1. The van der Waals surface area contributed by atoms with Crippen molar-refractivity contribution in [2.24, 2.45) is 10.7 Å². The van der Waals surface area contributed by atoms with Gasteiger partial charge >= 0.3 is 0 Å². The van der Waals surface area contributed by atoms with Gasteiger partial charge in [-0.05, 0) is 30.0 Å². The van der Waals surface area contributed by atoms with E-state index in [0.717, 1.165) is 6.42 Å². The van der Waals surface area contributed by atoms with Gasteiger partial charge < -0.3 is 16.4 Å². The summed E-state index contributed by atoms with van der Waals surface area (Å²) in [6.07, 6.45) is 4.10. The van der Waals surface area contributed by atoms with Crippen LogP contribution in [0.25, 0.3) is 0 Å². The molecule has 2 aromatic rings. The molecule has 0 aromatic carbocycles. The third-order valence-electron chi connectivity index (χ3n) is 2.60. The largest absolute Gasteiger partial charge is 0.370 e. The second-order valence-corrected chi connectivity index (χ2v) is 5.28. The van der Waals surface area contributed by atoms with Crippen LogP contribution < -0.4 is 16.4 Å². The van der Waals surface area contributed by atoms with Crippen LogP contribution in [0.3, 0.4) is 0 Å². The molecule has 2 aromatic heterocycles. The number of hydrogen-bond acceptors (Lipinski definition) is 4. The number of nitrogens with zero attached hydrogens (tertiary/aromatic N) is 2. The molecule has 1 amide bonds. The SMILES string of the molecule is I.NC(=NCC(=O)Nc1cccnc1)NCCc1cccs1. The van der Waals surface area contributed by atoms with Crippen molar-refractivity contribution in [1.29, 1.82) is 0 Å². The summed E-state index contributed by atoms with van der Waals surface area (Å²) in [5.41, 5.74) is 6.35. The molecule has 0 saturated carbocycles. The van der Waals surface area contributed by atoms with Crippen LogP contribution in [0.15, 0.2) is 47.0 Å². The molecule has 0 bridgehead atoms. The van der Waals surface area contributed by atoms with Gasteiger partial charge in [0.05, 0.1) is 11.9 Å². The van der Waals surface area contributed by atoms with Crippen LogP contribution >= 0.6 is 35.3 Å². The van der Waals surface area contributed by atoms with Crippen molar-refractivity contribution in [3.63, 3.8) is 0 Å². The lowest BCUT2D eigenvalue weighted by Crippen LogP contribution is -2.34. The van der Waals surface area contributed by atoms with E-state index in [2.05, 4.69) is 26.7 Å². The highest BCUT2D eigenvalue weighted by Crippen LogP contribution is 2.07. The first-order valence-corrected chi connectivity index (χ1v) is 7.38. The summed E-state index contributed by atoms with van der Waals surface area (Å²) in [5.74, 6) is 0.0406. The molecular weight excluding hydrogens is 413 g/mol. The van der Waals surface area contributed by atoms with Gasteiger partial charge in [-0.1, -0.05) is 6.07 Å². The molecule has 0 unspecified atom stereocenters. The molecule has 8 heteroatoms. The van der Waals surface area contributed by atoms with E-state index in [1.807, 2.05) is 11.4 Å². The first kappa shape index (κ1) is 18.4. The van der Waals surface area contributed by atoms with Gasteiger partial charge in [0.2, 0.25) is 5.91 Å². The predicted molar refractivity (Wildman–Crippen MR) is 101 cm³/mol. The van der Waals surface area contributed by atoms with Crippen LogP contribution in [-0.4, -0.2) is 29.9 Å². The summed E-state index contributed by atoms with van der Waals surface area (Å²) < 4.78 is 0. The molecule has 2 rings (SSSR count). The molecule has 0 aliphatic rings. The summed E-state index contributed by atoms with van der Waals surface area (Å²) in [6.45, 7) is 0.673. The van der Waals surface area contributed by atoms with Gasteiger partial charge in [-0.15, -0.1) is 35.3 Å². The van der Waals surface area contributed by atoms with E-state index in [-0.39, 0.29) is 42.4 Å². The number of nitrogens with two attached hydrogens (primary N) is 1. The number of rotatable bonds is 6. The Hall–Kier alpha value is -1.68. The first-order chi connectivity index (χ1) is 10.2. The van der Waals surface area contributed by atoms with Gasteiger partial charge in [0, 0.05) is 17.6 Å². The van der Waals surface area contributed by atoms with E-state index < -0.39 is 0 Å². The normalized spacial score (nSPS) is 10.6. The number of pyridine rings is 1. The zero-order valence-corrected chi connectivity index (χ0v) is 15.0. The number of carbonyl (C=O) groups is 1. The highest BCUT2D eigenvalue weighted by molar-refractivity contribution is 14.0. The van der Waals surface area contributed by atoms with Gasteiger partial charge in [0.25, 0.3) is 0 Å². The Balaban J connectivity index is 0.00000242. The van der Waals surface area contributed by atoms with E-state index in [4.69, 9.17) is 5.73 Å². The summed E-state index contributed by atoms with van der Waals surface area (Å²) in [4.78, 5) is 20.8. The predicted octanol–water partition coefficient (Wildman–Crippen LogP) is 1.85. The van der Waals surface area contributed by atoms with Crippen LogP contribution in [0.1, 0.15) is 4.88 Å². The molecule has 118 valence electrons. The number of aliphatic imine (C=N–C) groups is 1. The van der Waals surface area contributed by atoms with Crippen molar-refractivity contribution in [3.8, 4) is 0 Å². The van der Waals surface area contributed by atoms with E-state index >= 15 is 0 Å². The highest BCUT2D eigenvalue weighted by atomic mass is 127. The van der Waals surface area contributed by atoms with Crippen LogP contribution in [0.2, 0.25) is 0 Å². The topological polar surface area (TPSA) is 92.4 Å². The number of amides is 1. The Kier molecular flexibility index (Phi) is 8.44. The molecule has 0 fully saturated rings. The van der Waals surface area contributed by atoms with Gasteiger partial charge in [-0.25, -0.2) is 4.99 Å². The number of carbonyl (C=O) groups excluding carboxylic acids is 1. The third-order valence-corrected chi connectivity index (χ3v) is 3.53. The molecule has 0 saturated heterocycles. The number of halogens is 1. The lowest BCUT2D eigenvalue weighted by molar-refractivity contribution is -0.114. The molecule has 4 N–H and O–H groups in total. The second-order valence-electron chi connectivity index (χ2n) is 4.25. The summed E-state index contributed by atoms with van der Waals surface area (Å²) in [6, 6.07) is 7.60. The fraction of sp³-hybridized carbons (Fsp3) is 0.214. The molecule has 2 heterocycles. The zero-order valence-electron chi connectivity index (χ0n) is 11.9. The Bertz CT molecular complexity index is 589. The van der Waals surface area contributed by atoms with E-state index in [0.29, 0.717) is 12.2 Å². The van der Waals surface area contributed by atoms with Crippen molar-refractivity contribution in [2.45, 2.75) is 6.42 Å². The van der Waals surface area contributed by atoms with E-state index in [1.54, 1.807) is 35.9 Å². The molecule has 0 aliphatic carbocycles. The molecule has 0 aliphatic heterocycles. The quantitative estimate of drug-likeness (QED) is 0.370. The maximum Gasteiger partial charge on any atom is 0.246 e. The minimum absolute atomic E-state index is 0. The molecule has 0 spiro atoms. The number of nitrogens with one attached hydrogen (secondary N) is 2. The van der Waals surface area contributed by atoms with Gasteiger partial charge in [0.15, 0.2) is 5.96 Å². The summed E-state index contributed by atoms with van der Waals surface area (Å²) >= 11 is 1.70. The fourth-order valence-electron chi connectivity index (χ4n) is 1.62. The van der Waals surface area contributed by atoms with Crippen molar-refractivity contribution in [1.82, 2.24) is 10.3 Å². The number of aromatic nitrogens is 1. The lowest BCUT2D eigenvalue weighted by Gasteiger charge is -2.05. The maximum atomic E-state index is 11.6. The summed E-state index contributed by atoms with van der Waals surface area (Å²) in [5, 5.41) is 7.71. The van der Waals surface area contributed by atoms with Crippen LogP contribution in [0.4, 0.5) is 5.69 Å². The summed E-state index contributed by atoms with van der Waals surface area (Å²) in [7, 11) is 0. The molecule has 22 heavy (non-hydrogen) atoms. The van der Waals surface area contributed by atoms with Crippen LogP contribution in [0, 0.1) is 0 Å². The second kappa shape index (κ2) is 10.1. The minimum atomic E-state index is -0.231. The van der Waals surface area contributed by atoms with E-state index in [9.17, 15) is 4.79 Å². The van der Waals surface area contributed by atoms with Crippen molar-refractivity contribution in [2.75, 3.05) is 18.4 Å². The number of guanidine groups is 1.